The van der Waals surface area contributed by atoms with E-state index >= 15 is 0 Å². The molecule has 4 heteroatoms. The van der Waals surface area contributed by atoms with Crippen LogP contribution < -0.4 is 10.6 Å². The average molecular weight is 245 g/mol. The van der Waals surface area contributed by atoms with E-state index < -0.39 is 0 Å². The van der Waals surface area contributed by atoms with Crippen LogP contribution in [-0.4, -0.2) is 37.5 Å². The summed E-state index contributed by atoms with van der Waals surface area (Å²) in [7, 11) is 2.06. The largest absolute Gasteiger partial charge is 0.384 e. The van der Waals surface area contributed by atoms with E-state index in [1.54, 1.807) is 0 Å². The quantitative estimate of drug-likeness (QED) is 0.831. The number of carbonyl (C=O) groups is 1. The Kier molecular flexibility index (Phi) is 2.96. The Labute approximate surface area is 107 Å². The molecule has 2 N–H and O–H groups in total. The van der Waals surface area contributed by atoms with Gasteiger partial charge in [-0.05, 0) is 50.2 Å². The molecule has 0 aliphatic carbocycles. The molecule has 1 amide bonds. The molecule has 3 rings (SSSR count). The van der Waals surface area contributed by atoms with Gasteiger partial charge in [0, 0.05) is 24.5 Å². The van der Waals surface area contributed by atoms with Gasteiger partial charge in [0.15, 0.2) is 0 Å². The zero-order chi connectivity index (χ0) is 12.5. The van der Waals surface area contributed by atoms with Crippen LogP contribution in [0.25, 0.3) is 0 Å². The molecule has 0 saturated carbocycles. The van der Waals surface area contributed by atoms with Crippen molar-refractivity contribution in [3.8, 4) is 0 Å². The third kappa shape index (κ3) is 2.20. The van der Waals surface area contributed by atoms with Gasteiger partial charge < -0.3 is 15.5 Å². The summed E-state index contributed by atoms with van der Waals surface area (Å²) < 4.78 is 0. The summed E-state index contributed by atoms with van der Waals surface area (Å²) in [5, 5.41) is 6.36. The van der Waals surface area contributed by atoms with Crippen LogP contribution in [0.1, 0.15) is 12.0 Å². The molecule has 0 aromatic heterocycles. The van der Waals surface area contributed by atoms with Crippen molar-refractivity contribution in [3.05, 3.63) is 23.8 Å². The van der Waals surface area contributed by atoms with E-state index in [1.165, 1.54) is 11.3 Å². The summed E-state index contributed by atoms with van der Waals surface area (Å²) in [6.07, 6.45) is 2.01. The third-order valence-electron chi connectivity index (χ3n) is 3.84. The molecule has 0 radical (unpaired) electrons. The molecule has 1 fully saturated rings. The monoisotopic (exact) mass is 245 g/mol. The van der Waals surface area contributed by atoms with Gasteiger partial charge in [-0.2, -0.15) is 0 Å². The maximum atomic E-state index is 12.1. The fourth-order valence-electron chi connectivity index (χ4n) is 2.78. The molecule has 1 unspecified atom stereocenters. The van der Waals surface area contributed by atoms with Crippen LogP contribution in [0.3, 0.4) is 0 Å². The van der Waals surface area contributed by atoms with E-state index in [0.717, 1.165) is 38.2 Å². The van der Waals surface area contributed by atoms with Crippen molar-refractivity contribution < 1.29 is 4.79 Å². The summed E-state index contributed by atoms with van der Waals surface area (Å²) in [5.41, 5.74) is 3.43. The first kappa shape index (κ1) is 11.5. The van der Waals surface area contributed by atoms with Gasteiger partial charge in [0.1, 0.15) is 0 Å². The second-order valence-electron chi connectivity index (χ2n) is 5.29. The van der Waals surface area contributed by atoms with Crippen molar-refractivity contribution in [3.63, 3.8) is 0 Å². The number of nitrogens with zero attached hydrogens (tertiary/aromatic N) is 1. The molecule has 0 bridgehead atoms. The molecule has 1 aromatic carbocycles. The van der Waals surface area contributed by atoms with Crippen LogP contribution in [0.2, 0.25) is 0 Å². The van der Waals surface area contributed by atoms with Gasteiger partial charge in [-0.25, -0.2) is 0 Å². The maximum Gasteiger partial charge on any atom is 0.228 e. The molecule has 0 spiro atoms. The van der Waals surface area contributed by atoms with E-state index in [0.29, 0.717) is 0 Å². The minimum absolute atomic E-state index is 0.140. The normalized spacial score (nSPS) is 22.6. The van der Waals surface area contributed by atoms with Crippen LogP contribution in [0.5, 0.6) is 0 Å². The van der Waals surface area contributed by atoms with Gasteiger partial charge in [-0.15, -0.1) is 0 Å². The van der Waals surface area contributed by atoms with Crippen molar-refractivity contribution in [2.24, 2.45) is 5.92 Å². The van der Waals surface area contributed by atoms with Crippen molar-refractivity contribution in [2.75, 3.05) is 37.3 Å². The predicted molar refractivity (Wildman–Crippen MR) is 72.9 cm³/mol. The maximum absolute atomic E-state index is 12.1. The number of carbonyl (C=O) groups excluding carboxylic acids is 1. The lowest BCUT2D eigenvalue weighted by Gasteiger charge is -2.12. The van der Waals surface area contributed by atoms with Gasteiger partial charge in [-0.3, -0.25) is 4.79 Å². The summed E-state index contributed by atoms with van der Waals surface area (Å²) in [6.45, 7) is 2.89. The van der Waals surface area contributed by atoms with Gasteiger partial charge in [0.25, 0.3) is 0 Å². The molecule has 4 nitrogen and oxygen atoms in total. The van der Waals surface area contributed by atoms with E-state index in [4.69, 9.17) is 0 Å². The van der Waals surface area contributed by atoms with Crippen LogP contribution >= 0.6 is 0 Å². The minimum atomic E-state index is 0.140. The zero-order valence-electron chi connectivity index (χ0n) is 10.7. The molecular weight excluding hydrogens is 226 g/mol. The summed E-state index contributed by atoms with van der Waals surface area (Å²) in [5.74, 6) is 0.298. The van der Waals surface area contributed by atoms with E-state index in [1.807, 2.05) is 6.07 Å². The molecule has 2 heterocycles. The smallest absolute Gasteiger partial charge is 0.228 e. The van der Waals surface area contributed by atoms with Crippen LogP contribution in [0, 0.1) is 5.92 Å². The van der Waals surface area contributed by atoms with Crippen LogP contribution in [0.15, 0.2) is 18.2 Å². The fraction of sp³-hybridized carbons (Fsp3) is 0.500. The van der Waals surface area contributed by atoms with E-state index in [2.05, 4.69) is 34.7 Å². The van der Waals surface area contributed by atoms with E-state index in [9.17, 15) is 4.79 Å². The average Bonchev–Trinajstić information content (AvgIpc) is 2.96. The number of rotatable bonds is 2. The highest BCUT2D eigenvalue weighted by Crippen LogP contribution is 2.26. The molecule has 18 heavy (non-hydrogen) atoms. The Balaban J connectivity index is 1.67. The number of nitrogens with one attached hydrogen (secondary N) is 2. The highest BCUT2D eigenvalue weighted by Gasteiger charge is 2.26. The number of anilines is 2. The lowest BCUT2D eigenvalue weighted by Crippen LogP contribution is -2.25. The van der Waals surface area contributed by atoms with Crippen molar-refractivity contribution in [1.29, 1.82) is 0 Å². The first-order valence-electron chi connectivity index (χ1n) is 6.58. The van der Waals surface area contributed by atoms with Crippen LogP contribution in [-0.2, 0) is 11.2 Å². The standard InChI is InChI=1S/C14H19N3O/c1-17-7-5-11(9-17)14(18)16-12-2-3-13-10(8-12)4-6-15-13/h2-3,8,11,15H,4-7,9H2,1H3,(H,16,18). The van der Waals surface area contributed by atoms with Gasteiger partial charge in [0.2, 0.25) is 5.91 Å². The van der Waals surface area contributed by atoms with Crippen molar-refractivity contribution in [2.45, 2.75) is 12.8 Å². The second-order valence-corrected chi connectivity index (χ2v) is 5.29. The molecule has 2 aliphatic heterocycles. The van der Waals surface area contributed by atoms with Gasteiger partial charge in [-0.1, -0.05) is 0 Å². The van der Waals surface area contributed by atoms with Gasteiger partial charge >= 0.3 is 0 Å². The number of hydrogen-bond donors (Lipinski definition) is 2. The molecule has 1 saturated heterocycles. The lowest BCUT2D eigenvalue weighted by atomic mass is 10.1. The first-order valence-corrected chi connectivity index (χ1v) is 6.58. The number of benzene rings is 1. The highest BCUT2D eigenvalue weighted by atomic mass is 16.1. The summed E-state index contributed by atoms with van der Waals surface area (Å²) in [4.78, 5) is 14.3. The predicted octanol–water partition coefficient (Wildman–Crippen LogP) is 1.54. The Morgan fingerprint density at radius 3 is 3.17 bits per heavy atom. The number of fused-ring (bicyclic) bond motifs is 1. The SMILES string of the molecule is CN1CCC(C(=O)Nc2ccc3c(c2)CCN3)C1. The summed E-state index contributed by atoms with van der Waals surface area (Å²) >= 11 is 0. The third-order valence-corrected chi connectivity index (χ3v) is 3.84. The summed E-state index contributed by atoms with van der Waals surface area (Å²) in [6, 6.07) is 6.12. The Morgan fingerprint density at radius 1 is 1.50 bits per heavy atom. The Bertz CT molecular complexity index is 472. The van der Waals surface area contributed by atoms with Crippen molar-refractivity contribution in [1.82, 2.24) is 4.90 Å². The minimum Gasteiger partial charge on any atom is -0.384 e. The first-order chi connectivity index (χ1) is 8.72. The van der Waals surface area contributed by atoms with Crippen LogP contribution in [0.4, 0.5) is 11.4 Å². The number of hydrogen-bond acceptors (Lipinski definition) is 3. The number of amides is 1. The Morgan fingerprint density at radius 2 is 2.39 bits per heavy atom. The Hall–Kier alpha value is -1.55. The van der Waals surface area contributed by atoms with Crippen molar-refractivity contribution >= 4 is 17.3 Å². The number of likely N-dealkylation sites (tertiary alicyclic amines) is 1. The molecule has 96 valence electrons. The second kappa shape index (κ2) is 4.61. The molecular formula is C14H19N3O. The molecule has 2 aliphatic rings. The molecule has 1 atom stereocenters. The topological polar surface area (TPSA) is 44.4 Å². The zero-order valence-corrected chi connectivity index (χ0v) is 10.7. The molecule has 1 aromatic rings. The van der Waals surface area contributed by atoms with Gasteiger partial charge in [0.05, 0.1) is 5.92 Å². The van der Waals surface area contributed by atoms with E-state index in [-0.39, 0.29) is 11.8 Å². The fourth-order valence-corrected chi connectivity index (χ4v) is 2.78. The lowest BCUT2D eigenvalue weighted by molar-refractivity contribution is -0.119. The highest BCUT2D eigenvalue weighted by molar-refractivity contribution is 5.93.